The largest absolute Gasteiger partial charge is 0.330 e. The van der Waals surface area contributed by atoms with Crippen molar-refractivity contribution in [3.05, 3.63) is 54.2 Å². The van der Waals surface area contributed by atoms with Gasteiger partial charge in [-0.3, -0.25) is 9.11 Å². The lowest BCUT2D eigenvalue weighted by molar-refractivity contribution is 0.467. The van der Waals surface area contributed by atoms with Crippen molar-refractivity contribution in [2.24, 2.45) is 4.40 Å². The molecule has 0 aliphatic carbocycles. The van der Waals surface area contributed by atoms with Crippen LogP contribution in [-0.4, -0.2) is 32.1 Å². The molecule has 94 valence electrons. The molecule has 2 heterocycles. The summed E-state index contributed by atoms with van der Waals surface area (Å²) in [6.07, 6.45) is 5.82. The van der Waals surface area contributed by atoms with Gasteiger partial charge in [0, 0.05) is 18.3 Å². The highest BCUT2D eigenvalue weighted by atomic mass is 32.3. The molecule has 2 N–H and O–H groups in total. The highest BCUT2D eigenvalue weighted by Gasteiger charge is 2.27. The van der Waals surface area contributed by atoms with Crippen molar-refractivity contribution >= 4 is 22.2 Å². The first kappa shape index (κ1) is 11.5. The van der Waals surface area contributed by atoms with Gasteiger partial charge in [-0.15, -0.1) is 4.40 Å². The third-order valence-electron chi connectivity index (χ3n) is 2.97. The van der Waals surface area contributed by atoms with E-state index in [-0.39, 0.29) is 0 Å². The Labute approximate surface area is 107 Å². The molecule has 0 spiro atoms. The summed E-state index contributed by atoms with van der Waals surface area (Å²) in [6.45, 7) is 0.585. The van der Waals surface area contributed by atoms with Crippen LogP contribution in [0.3, 0.4) is 0 Å². The van der Waals surface area contributed by atoms with E-state index < -0.39 is 10.8 Å². The quantitative estimate of drug-likeness (QED) is 0.818. The van der Waals surface area contributed by atoms with Crippen LogP contribution in [-0.2, 0) is 0 Å². The van der Waals surface area contributed by atoms with Gasteiger partial charge in [0.05, 0.1) is 5.75 Å². The molecule has 0 amide bonds. The molecular formula is C13H14N2O2S. The number of hydrogen-bond donors (Lipinski definition) is 2. The molecule has 2 aliphatic rings. The molecule has 1 aromatic rings. The zero-order chi connectivity index (χ0) is 12.6. The summed E-state index contributed by atoms with van der Waals surface area (Å²) in [5.74, 6) is 0.943. The first-order valence-corrected chi connectivity index (χ1v) is 7.40. The second-order valence-electron chi connectivity index (χ2n) is 4.23. The van der Waals surface area contributed by atoms with Crippen molar-refractivity contribution < 1.29 is 9.11 Å². The normalized spacial score (nSPS) is 22.9. The fourth-order valence-corrected chi connectivity index (χ4v) is 3.09. The summed E-state index contributed by atoms with van der Waals surface area (Å²) in [7, 11) is -2.82. The number of amidine groups is 1. The molecule has 0 atom stereocenters. The van der Waals surface area contributed by atoms with Crippen LogP contribution in [0.1, 0.15) is 5.56 Å². The lowest BCUT2D eigenvalue weighted by Crippen LogP contribution is -2.36. The van der Waals surface area contributed by atoms with E-state index in [1.807, 2.05) is 53.6 Å². The lowest BCUT2D eigenvalue weighted by Gasteiger charge is -2.38. The molecule has 0 fully saturated rings. The van der Waals surface area contributed by atoms with Crippen LogP contribution in [0.15, 0.2) is 53.1 Å². The minimum absolute atomic E-state index is 0.295. The number of nitrogens with zero attached hydrogens (tertiary/aromatic N) is 2. The van der Waals surface area contributed by atoms with E-state index in [4.69, 9.17) is 0 Å². The van der Waals surface area contributed by atoms with Crippen molar-refractivity contribution in [2.75, 3.05) is 12.3 Å². The lowest BCUT2D eigenvalue weighted by atomic mass is 10.0. The zero-order valence-electron chi connectivity index (χ0n) is 9.73. The van der Waals surface area contributed by atoms with Crippen LogP contribution in [0.25, 0.3) is 5.57 Å². The van der Waals surface area contributed by atoms with Crippen LogP contribution in [0.4, 0.5) is 0 Å². The molecule has 0 saturated heterocycles. The van der Waals surface area contributed by atoms with Crippen LogP contribution in [0.5, 0.6) is 0 Å². The topological polar surface area (TPSA) is 56.1 Å². The van der Waals surface area contributed by atoms with Gasteiger partial charge in [-0.1, -0.05) is 41.1 Å². The Morgan fingerprint density at radius 2 is 1.94 bits per heavy atom. The van der Waals surface area contributed by atoms with E-state index >= 15 is 0 Å². The molecule has 2 aliphatic heterocycles. The predicted molar refractivity (Wildman–Crippen MR) is 75.4 cm³/mol. The summed E-state index contributed by atoms with van der Waals surface area (Å²) in [6, 6.07) is 9.86. The van der Waals surface area contributed by atoms with Crippen molar-refractivity contribution in [3.63, 3.8) is 0 Å². The number of hydrogen-bond acceptors (Lipinski definition) is 4. The monoisotopic (exact) mass is 262 g/mol. The van der Waals surface area contributed by atoms with Crippen molar-refractivity contribution in [1.29, 1.82) is 0 Å². The Morgan fingerprint density at radius 1 is 1.17 bits per heavy atom. The van der Waals surface area contributed by atoms with Gasteiger partial charge in [0.2, 0.25) is 0 Å². The van der Waals surface area contributed by atoms with E-state index in [9.17, 15) is 9.11 Å². The van der Waals surface area contributed by atoms with E-state index in [1.165, 1.54) is 0 Å². The van der Waals surface area contributed by atoms with Gasteiger partial charge in [-0.05, 0) is 17.7 Å². The molecule has 0 bridgehead atoms. The average Bonchev–Trinajstić information content (AvgIpc) is 2.38. The second kappa shape index (κ2) is 4.28. The number of benzene rings is 1. The van der Waals surface area contributed by atoms with Crippen molar-refractivity contribution in [3.8, 4) is 0 Å². The van der Waals surface area contributed by atoms with Crippen LogP contribution < -0.4 is 0 Å². The predicted octanol–water partition coefficient (Wildman–Crippen LogP) is 2.98. The van der Waals surface area contributed by atoms with Gasteiger partial charge in [-0.2, -0.15) is 0 Å². The maximum Gasteiger partial charge on any atom is 0.160 e. The fraction of sp³-hybridized carbons (Fsp3) is 0.154. The van der Waals surface area contributed by atoms with Crippen molar-refractivity contribution in [1.82, 2.24) is 4.90 Å². The van der Waals surface area contributed by atoms with Gasteiger partial charge in [0.15, 0.2) is 5.84 Å². The standard InChI is InChI=1S/C13H14N2O2S/c16-18(17)10-9-15-8-4-7-12(13(15)14-18)11-5-2-1-3-6-11/h1-8,16-17H,9-10H2. The van der Waals surface area contributed by atoms with Gasteiger partial charge < -0.3 is 4.90 Å². The van der Waals surface area contributed by atoms with Gasteiger partial charge >= 0.3 is 0 Å². The second-order valence-corrected chi connectivity index (χ2v) is 6.09. The first-order valence-electron chi connectivity index (χ1n) is 5.72. The molecule has 1 aromatic carbocycles. The number of rotatable bonds is 1. The summed E-state index contributed by atoms with van der Waals surface area (Å²) in [4.78, 5) is 1.96. The molecule has 0 saturated carbocycles. The minimum Gasteiger partial charge on any atom is -0.330 e. The smallest absolute Gasteiger partial charge is 0.160 e. The summed E-state index contributed by atoms with van der Waals surface area (Å²) in [5.41, 5.74) is 1.96. The molecular weight excluding hydrogens is 248 g/mol. The van der Waals surface area contributed by atoms with Crippen LogP contribution >= 0.6 is 10.8 Å². The summed E-state index contributed by atoms with van der Waals surface area (Å²) >= 11 is 0. The first-order chi connectivity index (χ1) is 8.66. The zero-order valence-corrected chi connectivity index (χ0v) is 10.5. The third-order valence-corrected chi connectivity index (χ3v) is 4.16. The summed E-state index contributed by atoms with van der Waals surface area (Å²) < 4.78 is 23.6. The van der Waals surface area contributed by atoms with E-state index in [0.717, 1.165) is 11.1 Å². The number of fused-ring (bicyclic) bond motifs is 1. The highest BCUT2D eigenvalue weighted by Crippen LogP contribution is 2.44. The SMILES string of the molecule is OS1(O)CCN2C=CC=C(c3ccccc3)C2=N1. The Hall–Kier alpha value is -1.56. The fourth-order valence-electron chi connectivity index (χ4n) is 2.07. The molecule has 0 unspecified atom stereocenters. The van der Waals surface area contributed by atoms with E-state index in [0.29, 0.717) is 18.1 Å². The Balaban J connectivity index is 2.07. The van der Waals surface area contributed by atoms with Gasteiger partial charge in [0.1, 0.15) is 0 Å². The Bertz CT molecular complexity index is 549. The van der Waals surface area contributed by atoms with E-state index in [1.54, 1.807) is 0 Å². The Kier molecular flexibility index (Phi) is 2.74. The summed E-state index contributed by atoms with van der Waals surface area (Å²) in [5, 5.41) is 0. The molecule has 0 radical (unpaired) electrons. The maximum absolute atomic E-state index is 9.75. The van der Waals surface area contributed by atoms with Crippen molar-refractivity contribution in [2.45, 2.75) is 0 Å². The molecule has 3 rings (SSSR count). The average molecular weight is 262 g/mol. The van der Waals surface area contributed by atoms with E-state index in [2.05, 4.69) is 4.40 Å². The van der Waals surface area contributed by atoms with Gasteiger partial charge in [-0.25, -0.2) is 0 Å². The van der Waals surface area contributed by atoms with Crippen LogP contribution in [0.2, 0.25) is 0 Å². The van der Waals surface area contributed by atoms with Gasteiger partial charge in [0.25, 0.3) is 0 Å². The Morgan fingerprint density at radius 3 is 2.72 bits per heavy atom. The molecule has 5 heteroatoms. The minimum atomic E-state index is -2.82. The number of allylic oxidation sites excluding steroid dienone is 2. The van der Waals surface area contributed by atoms with Crippen LogP contribution in [0, 0.1) is 0 Å². The molecule has 0 aromatic heterocycles. The highest BCUT2D eigenvalue weighted by molar-refractivity contribution is 8.23. The molecule has 18 heavy (non-hydrogen) atoms. The maximum atomic E-state index is 9.75. The molecule has 4 nitrogen and oxygen atoms in total. The third kappa shape index (κ3) is 2.08.